The maximum absolute atomic E-state index is 12.4. The summed E-state index contributed by atoms with van der Waals surface area (Å²) in [5.74, 6) is 0. The third kappa shape index (κ3) is 3.01. The monoisotopic (exact) mass is 312 g/mol. The van der Waals surface area contributed by atoms with Crippen LogP contribution in [0.1, 0.15) is 37.8 Å². The van der Waals surface area contributed by atoms with E-state index in [4.69, 9.17) is 5.73 Å². The molecule has 0 radical (unpaired) electrons. The number of aromatic amines is 1. The summed E-state index contributed by atoms with van der Waals surface area (Å²) in [4.78, 5) is 5.61. The fraction of sp³-hybridized carbons (Fsp3) is 0.714. The first kappa shape index (κ1) is 15.0. The lowest BCUT2D eigenvalue weighted by molar-refractivity contribution is 0.0536. The van der Waals surface area contributed by atoms with Crippen molar-refractivity contribution in [3.8, 4) is 0 Å². The van der Waals surface area contributed by atoms with Crippen LogP contribution in [-0.4, -0.2) is 43.5 Å². The zero-order valence-electron chi connectivity index (χ0n) is 12.4. The lowest BCUT2D eigenvalue weighted by Gasteiger charge is -2.47. The lowest BCUT2D eigenvalue weighted by atomic mass is 9.83. The average Bonchev–Trinajstić information content (AvgIpc) is 2.89. The standard InChI is InChI=1S/C14H24N4O2S/c1-18-12-3-2-4-13(18)6-10(5-12)17-21(19,20)14-7-11(8-15)16-9-14/h7,9-10,12-13,16-17H,2-6,8,15H2,1H3. The minimum absolute atomic E-state index is 0.0396. The Balaban J connectivity index is 1.71. The molecule has 3 heterocycles. The van der Waals surface area contributed by atoms with Crippen molar-refractivity contribution >= 4 is 10.0 Å². The molecule has 0 saturated carbocycles. The Morgan fingerprint density at radius 3 is 2.62 bits per heavy atom. The number of hydrogen-bond acceptors (Lipinski definition) is 4. The van der Waals surface area contributed by atoms with Crippen molar-refractivity contribution in [2.45, 2.75) is 61.7 Å². The molecule has 3 rings (SSSR count). The van der Waals surface area contributed by atoms with Gasteiger partial charge < -0.3 is 15.6 Å². The number of fused-ring (bicyclic) bond motifs is 2. The van der Waals surface area contributed by atoms with Gasteiger partial charge in [-0.25, -0.2) is 13.1 Å². The van der Waals surface area contributed by atoms with Crippen molar-refractivity contribution in [2.24, 2.45) is 5.73 Å². The molecule has 2 fully saturated rings. The van der Waals surface area contributed by atoms with E-state index in [0.29, 0.717) is 18.6 Å². The number of sulfonamides is 1. The van der Waals surface area contributed by atoms with Crippen LogP contribution in [-0.2, 0) is 16.6 Å². The van der Waals surface area contributed by atoms with Gasteiger partial charge in [-0.1, -0.05) is 6.42 Å². The lowest BCUT2D eigenvalue weighted by Crippen LogP contribution is -2.55. The number of aromatic nitrogens is 1. The van der Waals surface area contributed by atoms with Crippen molar-refractivity contribution in [1.82, 2.24) is 14.6 Å². The molecule has 118 valence electrons. The molecule has 1 aromatic rings. The molecule has 2 bridgehead atoms. The first-order chi connectivity index (χ1) is 9.99. The largest absolute Gasteiger partial charge is 0.363 e. The first-order valence-corrected chi connectivity index (χ1v) is 9.09. The third-order valence-corrected chi connectivity index (χ3v) is 6.41. The molecule has 0 spiro atoms. The summed E-state index contributed by atoms with van der Waals surface area (Å²) in [6, 6.07) is 2.67. The zero-order valence-corrected chi connectivity index (χ0v) is 13.2. The van der Waals surface area contributed by atoms with Crippen LogP contribution in [0.25, 0.3) is 0 Å². The van der Waals surface area contributed by atoms with E-state index >= 15 is 0 Å². The van der Waals surface area contributed by atoms with Gasteiger partial charge in [0.15, 0.2) is 0 Å². The fourth-order valence-corrected chi connectivity index (χ4v) is 4.97. The molecule has 2 unspecified atom stereocenters. The molecule has 0 aromatic carbocycles. The summed E-state index contributed by atoms with van der Waals surface area (Å²) in [5.41, 5.74) is 6.25. The van der Waals surface area contributed by atoms with Crippen LogP contribution in [0.2, 0.25) is 0 Å². The molecule has 4 N–H and O–H groups in total. The third-order valence-electron chi connectivity index (χ3n) is 4.91. The van der Waals surface area contributed by atoms with Gasteiger partial charge in [-0.15, -0.1) is 0 Å². The number of piperidine rings is 2. The Bertz CT molecular complexity index is 584. The summed E-state index contributed by atoms with van der Waals surface area (Å²) in [6.45, 7) is 0.313. The van der Waals surface area contributed by atoms with Gasteiger partial charge in [0.1, 0.15) is 0 Å². The van der Waals surface area contributed by atoms with Crippen molar-refractivity contribution in [1.29, 1.82) is 0 Å². The highest BCUT2D eigenvalue weighted by atomic mass is 32.2. The van der Waals surface area contributed by atoms with Gasteiger partial charge in [-0.05, 0) is 38.8 Å². The van der Waals surface area contributed by atoms with Gasteiger partial charge in [0.05, 0.1) is 4.90 Å². The SMILES string of the molecule is CN1C2CCCC1CC(NS(=O)(=O)c1c[nH]c(CN)c1)C2. The Hall–Kier alpha value is -0.890. The highest BCUT2D eigenvalue weighted by Gasteiger charge is 2.37. The van der Waals surface area contributed by atoms with Gasteiger partial charge >= 0.3 is 0 Å². The van der Waals surface area contributed by atoms with Crippen LogP contribution < -0.4 is 10.5 Å². The summed E-state index contributed by atoms with van der Waals surface area (Å²) < 4.78 is 27.8. The maximum atomic E-state index is 12.4. The number of H-pyrrole nitrogens is 1. The minimum Gasteiger partial charge on any atom is -0.363 e. The Labute approximate surface area is 126 Å². The van der Waals surface area contributed by atoms with Gasteiger partial charge in [-0.2, -0.15) is 0 Å². The second-order valence-electron chi connectivity index (χ2n) is 6.26. The molecular formula is C14H24N4O2S. The molecule has 6 nitrogen and oxygen atoms in total. The van der Waals surface area contributed by atoms with Gasteiger partial charge in [0.25, 0.3) is 0 Å². The maximum Gasteiger partial charge on any atom is 0.242 e. The topological polar surface area (TPSA) is 91.2 Å². The smallest absolute Gasteiger partial charge is 0.242 e. The number of nitrogens with two attached hydrogens (primary N) is 1. The molecule has 21 heavy (non-hydrogen) atoms. The van der Waals surface area contributed by atoms with Crippen molar-refractivity contribution in [3.05, 3.63) is 18.0 Å². The number of nitrogens with one attached hydrogen (secondary N) is 2. The van der Waals surface area contributed by atoms with Crippen LogP contribution in [0.5, 0.6) is 0 Å². The van der Waals surface area contributed by atoms with E-state index in [1.807, 2.05) is 0 Å². The van der Waals surface area contributed by atoms with E-state index in [-0.39, 0.29) is 10.9 Å². The van der Waals surface area contributed by atoms with E-state index < -0.39 is 10.0 Å². The molecule has 7 heteroatoms. The summed E-state index contributed by atoms with van der Waals surface area (Å²) >= 11 is 0. The molecule has 0 aliphatic carbocycles. The van der Waals surface area contributed by atoms with Crippen LogP contribution in [0.4, 0.5) is 0 Å². The fourth-order valence-electron chi connectivity index (χ4n) is 3.69. The highest BCUT2D eigenvalue weighted by molar-refractivity contribution is 7.89. The number of hydrogen-bond donors (Lipinski definition) is 3. The van der Waals surface area contributed by atoms with E-state index in [9.17, 15) is 8.42 Å². The van der Waals surface area contributed by atoms with Crippen molar-refractivity contribution < 1.29 is 8.42 Å². The molecular weight excluding hydrogens is 288 g/mol. The van der Waals surface area contributed by atoms with Crippen LogP contribution >= 0.6 is 0 Å². The normalized spacial score (nSPS) is 30.5. The Morgan fingerprint density at radius 2 is 2.05 bits per heavy atom. The quantitative estimate of drug-likeness (QED) is 0.766. The Kier molecular flexibility index (Phi) is 4.09. The predicted octanol–water partition coefficient (Wildman–Crippen LogP) is 0.767. The van der Waals surface area contributed by atoms with Crippen LogP contribution in [0, 0.1) is 0 Å². The average molecular weight is 312 g/mol. The molecule has 1 aromatic heterocycles. The number of nitrogens with zero attached hydrogens (tertiary/aromatic N) is 1. The summed E-state index contributed by atoms with van der Waals surface area (Å²) in [5, 5.41) is 0. The minimum atomic E-state index is -3.45. The zero-order chi connectivity index (χ0) is 15.0. The van der Waals surface area contributed by atoms with Crippen LogP contribution in [0.3, 0.4) is 0 Å². The Morgan fingerprint density at radius 1 is 1.38 bits per heavy atom. The van der Waals surface area contributed by atoms with Crippen LogP contribution in [0.15, 0.2) is 17.2 Å². The molecule has 2 saturated heterocycles. The first-order valence-electron chi connectivity index (χ1n) is 7.61. The van der Waals surface area contributed by atoms with Gasteiger partial charge in [0, 0.05) is 36.6 Å². The van der Waals surface area contributed by atoms with E-state index in [2.05, 4.69) is 21.7 Å². The molecule has 2 atom stereocenters. The molecule has 0 amide bonds. The van der Waals surface area contributed by atoms with Crippen molar-refractivity contribution in [2.75, 3.05) is 7.05 Å². The highest BCUT2D eigenvalue weighted by Crippen LogP contribution is 2.33. The van der Waals surface area contributed by atoms with E-state index in [0.717, 1.165) is 18.5 Å². The summed E-state index contributed by atoms with van der Waals surface area (Å²) in [6.07, 6.45) is 6.93. The summed E-state index contributed by atoms with van der Waals surface area (Å²) in [7, 11) is -1.29. The molecule has 2 aliphatic heterocycles. The van der Waals surface area contributed by atoms with Crippen molar-refractivity contribution in [3.63, 3.8) is 0 Å². The second kappa shape index (κ2) is 5.72. The molecule has 2 aliphatic rings. The van der Waals surface area contributed by atoms with Gasteiger partial charge in [-0.3, -0.25) is 0 Å². The predicted molar refractivity (Wildman–Crippen MR) is 81.2 cm³/mol. The van der Waals surface area contributed by atoms with Gasteiger partial charge in [0.2, 0.25) is 10.0 Å². The second-order valence-corrected chi connectivity index (χ2v) is 7.97. The van der Waals surface area contributed by atoms with E-state index in [1.54, 1.807) is 6.07 Å². The number of rotatable bonds is 4. The van der Waals surface area contributed by atoms with E-state index in [1.165, 1.54) is 25.5 Å².